The van der Waals surface area contributed by atoms with Crippen molar-refractivity contribution in [3.05, 3.63) is 0 Å². The zero-order valence-electron chi connectivity index (χ0n) is 9.55. The summed E-state index contributed by atoms with van der Waals surface area (Å²) in [5.74, 6) is -0.300. The molecule has 0 aromatic heterocycles. The monoisotopic (exact) mass is 199 g/mol. The van der Waals surface area contributed by atoms with Crippen molar-refractivity contribution in [2.24, 2.45) is 10.8 Å². The van der Waals surface area contributed by atoms with Crippen molar-refractivity contribution in [2.45, 2.75) is 47.1 Å². The van der Waals surface area contributed by atoms with Crippen molar-refractivity contribution < 1.29 is 14.7 Å². The van der Waals surface area contributed by atoms with Gasteiger partial charge in [-0.2, -0.15) is 0 Å². The van der Waals surface area contributed by atoms with E-state index in [0.717, 1.165) is 0 Å². The van der Waals surface area contributed by atoms with E-state index in [0.29, 0.717) is 0 Å². The summed E-state index contributed by atoms with van der Waals surface area (Å²) in [4.78, 5) is 22.0. The van der Waals surface area contributed by atoms with Crippen LogP contribution in [0.1, 0.15) is 41.0 Å². The molecule has 0 aromatic carbocycles. The number of ketones is 1. The number of rotatable bonds is 4. The Bertz CT molecular complexity index is 223. The molecular weight excluding hydrogens is 180 g/mol. The first-order valence-corrected chi connectivity index (χ1v) is 4.70. The van der Waals surface area contributed by atoms with Gasteiger partial charge < -0.3 is 5.11 Å². The highest BCUT2D eigenvalue weighted by Gasteiger charge is 2.35. The molecule has 1 atom stereocenters. The molecule has 0 spiro atoms. The van der Waals surface area contributed by atoms with Gasteiger partial charge in [-0.15, -0.1) is 0 Å². The van der Waals surface area contributed by atoms with E-state index in [4.69, 9.17) is 0 Å². The normalized spacial score (nSPS) is 15.0. The number of Topliss-reactive ketones (excluding diaryl/α,β-unsaturated/α-hetero) is 1. The Balaban J connectivity index is 4.49. The lowest BCUT2D eigenvalue weighted by Gasteiger charge is -2.25. The van der Waals surface area contributed by atoms with Crippen LogP contribution in [0.4, 0.5) is 0 Å². The minimum absolute atomic E-state index is 0.170. The van der Waals surface area contributed by atoms with Gasteiger partial charge >= 0.3 is 0 Å². The highest BCUT2D eigenvalue weighted by molar-refractivity contribution is 5.87. The maximum absolute atomic E-state index is 11.5. The van der Waals surface area contributed by atoms with E-state index in [1.54, 1.807) is 6.29 Å². The first-order valence-electron chi connectivity index (χ1n) is 4.70. The van der Waals surface area contributed by atoms with Gasteiger partial charge in [0.1, 0.15) is 6.10 Å². The molecule has 0 bridgehead atoms. The fourth-order valence-electron chi connectivity index (χ4n) is 1.08. The van der Waals surface area contributed by atoms with Gasteiger partial charge in [-0.05, 0) is 19.3 Å². The highest BCUT2D eigenvalue weighted by Crippen LogP contribution is 2.25. The molecule has 14 heavy (non-hydrogen) atoms. The molecule has 0 fully saturated rings. The van der Waals surface area contributed by atoms with Crippen molar-refractivity contribution in [1.29, 1.82) is 0 Å². The van der Waals surface area contributed by atoms with Gasteiger partial charge in [0, 0.05) is 6.42 Å². The number of carbonyl (C=O) groups is 1. The minimum atomic E-state index is -1.25. The van der Waals surface area contributed by atoms with Crippen LogP contribution in [0.5, 0.6) is 0 Å². The molecule has 0 aliphatic heterocycles. The third-order valence-corrected chi connectivity index (χ3v) is 1.96. The molecule has 1 unspecified atom stereocenters. The standard InChI is InChI=1S/C11H19O3/c1-10(2,3)6-8(13)9(14)11(4,5)7-12/h9,14H,6H2,1-5H3. The predicted molar refractivity (Wildman–Crippen MR) is 54.6 cm³/mol. The van der Waals surface area contributed by atoms with E-state index in [2.05, 4.69) is 0 Å². The van der Waals surface area contributed by atoms with Gasteiger partial charge in [0.25, 0.3) is 0 Å². The predicted octanol–water partition coefficient (Wildman–Crippen LogP) is 1.49. The summed E-state index contributed by atoms with van der Waals surface area (Å²) in [5.41, 5.74) is -1.28. The minimum Gasteiger partial charge on any atom is -0.384 e. The fourth-order valence-corrected chi connectivity index (χ4v) is 1.08. The van der Waals surface area contributed by atoms with Gasteiger partial charge in [-0.3, -0.25) is 9.59 Å². The smallest absolute Gasteiger partial charge is 0.207 e. The molecule has 1 N–H and O–H groups in total. The largest absolute Gasteiger partial charge is 0.384 e. The van der Waals surface area contributed by atoms with E-state index in [1.807, 2.05) is 20.8 Å². The molecule has 0 saturated heterocycles. The van der Waals surface area contributed by atoms with E-state index >= 15 is 0 Å². The lowest BCUT2D eigenvalue weighted by molar-refractivity contribution is -0.132. The number of aliphatic hydroxyl groups excluding tert-OH is 1. The van der Waals surface area contributed by atoms with E-state index < -0.39 is 11.5 Å². The SMILES string of the molecule is CC(C)(C)CC(=O)C(O)C(C)(C)[C]=O. The second-order valence-electron chi connectivity index (χ2n) is 5.43. The van der Waals surface area contributed by atoms with E-state index in [-0.39, 0.29) is 17.6 Å². The molecule has 0 saturated carbocycles. The quantitative estimate of drug-likeness (QED) is 0.746. The van der Waals surface area contributed by atoms with Crippen molar-refractivity contribution in [3.63, 3.8) is 0 Å². The summed E-state index contributed by atoms with van der Waals surface area (Å²) in [6, 6.07) is 0. The molecule has 0 aliphatic carbocycles. The number of hydrogen-bond acceptors (Lipinski definition) is 3. The van der Waals surface area contributed by atoms with Crippen LogP contribution in [0.15, 0.2) is 0 Å². The van der Waals surface area contributed by atoms with E-state index in [1.165, 1.54) is 13.8 Å². The fraction of sp³-hybridized carbons (Fsp3) is 0.818. The highest BCUT2D eigenvalue weighted by atomic mass is 16.3. The molecule has 81 valence electrons. The Morgan fingerprint density at radius 2 is 1.71 bits per heavy atom. The molecular formula is C11H19O3. The Kier molecular flexibility index (Phi) is 4.01. The van der Waals surface area contributed by atoms with Crippen LogP contribution in [-0.2, 0) is 9.59 Å². The average Bonchev–Trinajstić information content (AvgIpc) is 2.00. The summed E-state index contributed by atoms with van der Waals surface area (Å²) in [6.07, 6.45) is 0.699. The Morgan fingerprint density at radius 1 is 1.29 bits per heavy atom. The Hall–Kier alpha value is -0.700. The lowest BCUT2D eigenvalue weighted by Crippen LogP contribution is -2.39. The second-order valence-corrected chi connectivity index (χ2v) is 5.43. The van der Waals surface area contributed by atoms with Crippen LogP contribution < -0.4 is 0 Å². The summed E-state index contributed by atoms with van der Waals surface area (Å²) >= 11 is 0. The van der Waals surface area contributed by atoms with Crippen LogP contribution in [0.25, 0.3) is 0 Å². The summed E-state index contributed by atoms with van der Waals surface area (Å²) in [6.45, 7) is 8.75. The van der Waals surface area contributed by atoms with Crippen molar-refractivity contribution in [1.82, 2.24) is 0 Å². The third kappa shape index (κ3) is 4.01. The molecule has 0 rings (SSSR count). The first-order chi connectivity index (χ1) is 6.10. The van der Waals surface area contributed by atoms with Gasteiger partial charge in [0.05, 0.1) is 5.41 Å². The van der Waals surface area contributed by atoms with Crippen LogP contribution in [-0.4, -0.2) is 23.3 Å². The van der Waals surface area contributed by atoms with Gasteiger partial charge in [0.15, 0.2) is 5.78 Å². The molecule has 0 amide bonds. The molecule has 3 heteroatoms. The second kappa shape index (κ2) is 4.22. The number of carbonyl (C=O) groups excluding carboxylic acids is 2. The van der Waals surface area contributed by atoms with Gasteiger partial charge in [-0.1, -0.05) is 20.8 Å². The summed E-state index contributed by atoms with van der Waals surface area (Å²) in [7, 11) is 0. The average molecular weight is 199 g/mol. The molecule has 3 nitrogen and oxygen atoms in total. The lowest BCUT2D eigenvalue weighted by atomic mass is 9.80. The van der Waals surface area contributed by atoms with Crippen LogP contribution in [0.2, 0.25) is 0 Å². The third-order valence-electron chi connectivity index (χ3n) is 1.96. The maximum atomic E-state index is 11.5. The zero-order chi connectivity index (χ0) is 11.6. The van der Waals surface area contributed by atoms with Crippen molar-refractivity contribution in [3.8, 4) is 0 Å². The maximum Gasteiger partial charge on any atom is 0.207 e. The summed E-state index contributed by atoms with van der Waals surface area (Å²) in [5, 5.41) is 9.60. The molecule has 0 aliphatic rings. The topological polar surface area (TPSA) is 54.4 Å². The Morgan fingerprint density at radius 3 is 2.00 bits per heavy atom. The summed E-state index contributed by atoms with van der Waals surface area (Å²) < 4.78 is 0. The van der Waals surface area contributed by atoms with Crippen LogP contribution in [0.3, 0.4) is 0 Å². The van der Waals surface area contributed by atoms with Gasteiger partial charge in [-0.25, -0.2) is 0 Å². The van der Waals surface area contributed by atoms with E-state index in [9.17, 15) is 14.7 Å². The van der Waals surface area contributed by atoms with Crippen LogP contribution in [0, 0.1) is 10.8 Å². The van der Waals surface area contributed by atoms with Crippen molar-refractivity contribution >= 4 is 12.1 Å². The Labute approximate surface area is 85.5 Å². The number of hydrogen-bond donors (Lipinski definition) is 1. The zero-order valence-corrected chi connectivity index (χ0v) is 9.55. The molecule has 1 radical (unpaired) electrons. The van der Waals surface area contributed by atoms with Gasteiger partial charge in [0.2, 0.25) is 6.29 Å². The molecule has 0 heterocycles. The molecule has 0 aromatic rings. The first kappa shape index (κ1) is 13.3. The number of aliphatic hydroxyl groups is 1. The van der Waals surface area contributed by atoms with Crippen LogP contribution >= 0.6 is 0 Å². The van der Waals surface area contributed by atoms with Crippen molar-refractivity contribution in [2.75, 3.05) is 0 Å².